The summed E-state index contributed by atoms with van der Waals surface area (Å²) in [4.78, 5) is 8.00. The number of methoxy groups -OCH3 is 1. The highest BCUT2D eigenvalue weighted by atomic mass is 16.5. The lowest BCUT2D eigenvalue weighted by molar-refractivity contribution is -0.0979. The van der Waals surface area contributed by atoms with Crippen molar-refractivity contribution in [2.75, 3.05) is 7.11 Å². The van der Waals surface area contributed by atoms with Gasteiger partial charge >= 0.3 is 0 Å². The van der Waals surface area contributed by atoms with E-state index in [-0.39, 0.29) is 0 Å². The molecule has 1 aromatic carbocycles. The van der Waals surface area contributed by atoms with Crippen LogP contribution in [0, 0.1) is 0 Å². The van der Waals surface area contributed by atoms with E-state index >= 15 is 0 Å². The van der Waals surface area contributed by atoms with Gasteiger partial charge in [0, 0.05) is 0 Å². The van der Waals surface area contributed by atoms with Gasteiger partial charge in [-0.2, -0.15) is 0 Å². The van der Waals surface area contributed by atoms with Crippen molar-refractivity contribution in [3.05, 3.63) is 29.8 Å². The van der Waals surface area contributed by atoms with Crippen LogP contribution >= 0.6 is 0 Å². The number of hydrogen-bond donors (Lipinski definition) is 0. The Balaban J connectivity index is 0.000000561. The van der Waals surface area contributed by atoms with E-state index in [1.165, 1.54) is 5.56 Å². The average molecular weight is 166 g/mol. The van der Waals surface area contributed by atoms with Crippen LogP contribution in [0.3, 0.4) is 0 Å². The zero-order valence-corrected chi connectivity index (χ0v) is 7.54. The van der Waals surface area contributed by atoms with E-state index in [9.17, 15) is 0 Å². The Labute approximate surface area is 73.2 Å². The van der Waals surface area contributed by atoms with E-state index in [4.69, 9.17) is 9.53 Å². The van der Waals surface area contributed by atoms with Crippen LogP contribution in [0.25, 0.3) is 0 Å². The summed E-state index contributed by atoms with van der Waals surface area (Å²) in [6.07, 6.45) is 1.09. The van der Waals surface area contributed by atoms with Gasteiger partial charge < -0.3 is 9.53 Å². The number of rotatable bonds is 2. The van der Waals surface area contributed by atoms with Gasteiger partial charge in [-0.1, -0.05) is 19.1 Å². The normalized spacial score (nSPS) is 8.17. The van der Waals surface area contributed by atoms with Gasteiger partial charge in [-0.15, -0.1) is 0 Å². The first-order chi connectivity index (χ1) is 5.86. The van der Waals surface area contributed by atoms with Crippen LogP contribution in [0.4, 0.5) is 0 Å². The molecular weight excluding hydrogens is 152 g/mol. The summed E-state index contributed by atoms with van der Waals surface area (Å²) in [5, 5.41) is 0. The molecule has 0 aliphatic carbocycles. The van der Waals surface area contributed by atoms with E-state index < -0.39 is 0 Å². The topological polar surface area (TPSA) is 26.3 Å². The molecule has 0 saturated heterocycles. The number of hydrogen-bond acceptors (Lipinski definition) is 2. The van der Waals surface area contributed by atoms with E-state index in [0.29, 0.717) is 0 Å². The summed E-state index contributed by atoms with van der Waals surface area (Å²) >= 11 is 0. The highest BCUT2D eigenvalue weighted by molar-refractivity contribution is 5.26. The van der Waals surface area contributed by atoms with Crippen molar-refractivity contribution in [1.29, 1.82) is 0 Å². The Morgan fingerprint density at radius 1 is 1.25 bits per heavy atom. The van der Waals surface area contributed by atoms with Crippen molar-refractivity contribution in [2.45, 2.75) is 13.3 Å². The number of carbonyl (C=O) groups excluding carboxylic acids is 1. The van der Waals surface area contributed by atoms with Crippen LogP contribution in [-0.2, 0) is 11.2 Å². The molecule has 0 fully saturated rings. The van der Waals surface area contributed by atoms with Crippen molar-refractivity contribution in [3.8, 4) is 5.75 Å². The molecule has 2 nitrogen and oxygen atoms in total. The third-order valence-corrected chi connectivity index (χ3v) is 1.57. The highest BCUT2D eigenvalue weighted by Crippen LogP contribution is 2.10. The summed E-state index contributed by atoms with van der Waals surface area (Å²) in [5.41, 5.74) is 1.35. The first kappa shape index (κ1) is 10.7. The zero-order chi connectivity index (χ0) is 9.40. The van der Waals surface area contributed by atoms with Gasteiger partial charge in [0.2, 0.25) is 0 Å². The molecule has 12 heavy (non-hydrogen) atoms. The molecule has 0 aromatic heterocycles. The van der Waals surface area contributed by atoms with Crippen molar-refractivity contribution in [3.63, 3.8) is 0 Å². The van der Waals surface area contributed by atoms with Gasteiger partial charge in [0.25, 0.3) is 0 Å². The first-order valence-corrected chi connectivity index (χ1v) is 3.78. The van der Waals surface area contributed by atoms with E-state index in [0.717, 1.165) is 12.2 Å². The van der Waals surface area contributed by atoms with Crippen molar-refractivity contribution in [2.24, 2.45) is 0 Å². The summed E-state index contributed by atoms with van der Waals surface area (Å²) in [5.74, 6) is 0.928. The summed E-state index contributed by atoms with van der Waals surface area (Å²) in [6, 6.07) is 8.13. The Morgan fingerprint density at radius 3 is 2.08 bits per heavy atom. The van der Waals surface area contributed by atoms with Gasteiger partial charge in [0.05, 0.1) is 7.11 Å². The lowest BCUT2D eigenvalue weighted by atomic mass is 10.2. The molecule has 0 radical (unpaired) electrons. The molecule has 0 amide bonds. The minimum atomic E-state index is 0.928. The molecule has 2 heteroatoms. The molecule has 0 bridgehead atoms. The van der Waals surface area contributed by atoms with Gasteiger partial charge in [-0.05, 0) is 24.1 Å². The quantitative estimate of drug-likeness (QED) is 0.672. The summed E-state index contributed by atoms with van der Waals surface area (Å²) < 4.78 is 5.01. The Hall–Kier alpha value is -1.31. The highest BCUT2D eigenvalue weighted by Gasteiger charge is 1.89. The fourth-order valence-corrected chi connectivity index (χ4v) is 0.861. The van der Waals surface area contributed by atoms with E-state index in [2.05, 4.69) is 19.1 Å². The predicted molar refractivity (Wildman–Crippen MR) is 49.5 cm³/mol. The largest absolute Gasteiger partial charge is 0.497 e. The molecule has 66 valence electrons. The van der Waals surface area contributed by atoms with Crippen molar-refractivity contribution >= 4 is 6.79 Å². The minimum Gasteiger partial charge on any atom is -0.497 e. The maximum absolute atomic E-state index is 8.00. The van der Waals surface area contributed by atoms with E-state index in [1.54, 1.807) is 7.11 Å². The van der Waals surface area contributed by atoms with Crippen LogP contribution in [0.5, 0.6) is 5.75 Å². The number of ether oxygens (including phenoxy) is 1. The first-order valence-electron chi connectivity index (χ1n) is 3.78. The van der Waals surface area contributed by atoms with Crippen molar-refractivity contribution in [1.82, 2.24) is 0 Å². The average Bonchev–Trinajstić information content (AvgIpc) is 2.21. The lowest BCUT2D eigenvalue weighted by Crippen LogP contribution is -1.83. The second kappa shape index (κ2) is 6.40. The van der Waals surface area contributed by atoms with Gasteiger partial charge in [-0.25, -0.2) is 0 Å². The predicted octanol–water partition coefficient (Wildman–Crippen LogP) is 2.07. The maximum Gasteiger partial charge on any atom is 0.118 e. The molecule has 1 rings (SSSR count). The molecule has 0 spiro atoms. The van der Waals surface area contributed by atoms with Crippen LogP contribution in [0.2, 0.25) is 0 Å². The molecule has 1 aromatic rings. The van der Waals surface area contributed by atoms with Gasteiger partial charge in [-0.3, -0.25) is 0 Å². The Bertz CT molecular complexity index is 181. The second-order valence-electron chi connectivity index (χ2n) is 2.20. The fourth-order valence-electron chi connectivity index (χ4n) is 0.861. The maximum atomic E-state index is 8.00. The Kier molecular flexibility index (Phi) is 5.70. The van der Waals surface area contributed by atoms with Crippen LogP contribution in [-0.4, -0.2) is 13.9 Å². The van der Waals surface area contributed by atoms with Crippen LogP contribution in [0.1, 0.15) is 12.5 Å². The molecule has 0 aliphatic rings. The molecule has 0 aliphatic heterocycles. The number of benzene rings is 1. The van der Waals surface area contributed by atoms with Crippen molar-refractivity contribution < 1.29 is 9.53 Å². The smallest absolute Gasteiger partial charge is 0.118 e. The molecule has 0 saturated carbocycles. The minimum absolute atomic E-state index is 0.928. The number of carbonyl (C=O) groups is 1. The van der Waals surface area contributed by atoms with Crippen LogP contribution in [0.15, 0.2) is 24.3 Å². The summed E-state index contributed by atoms with van der Waals surface area (Å²) in [7, 11) is 1.68. The molecule has 0 atom stereocenters. The monoisotopic (exact) mass is 166 g/mol. The third-order valence-electron chi connectivity index (χ3n) is 1.57. The van der Waals surface area contributed by atoms with Gasteiger partial charge in [0.1, 0.15) is 12.5 Å². The third kappa shape index (κ3) is 3.19. The van der Waals surface area contributed by atoms with Crippen LogP contribution < -0.4 is 4.74 Å². The number of aryl methyl sites for hydroxylation is 1. The lowest BCUT2D eigenvalue weighted by Gasteiger charge is -1.99. The fraction of sp³-hybridized carbons (Fsp3) is 0.300. The summed E-state index contributed by atoms with van der Waals surface area (Å²) in [6.45, 7) is 4.14. The SMILES string of the molecule is C=O.CCc1ccc(OC)cc1. The standard InChI is InChI=1S/C9H12O.CH2O/c1-3-8-4-6-9(10-2)7-5-8;1-2/h4-7H,3H2,1-2H3;1H2. The van der Waals surface area contributed by atoms with E-state index in [1.807, 2.05) is 18.9 Å². The molecular formula is C10H14O2. The van der Waals surface area contributed by atoms with Gasteiger partial charge in [0.15, 0.2) is 0 Å². The molecule has 0 unspecified atom stereocenters. The second-order valence-corrected chi connectivity index (χ2v) is 2.20. The molecule has 0 heterocycles. The Morgan fingerprint density at radius 2 is 1.75 bits per heavy atom. The zero-order valence-electron chi connectivity index (χ0n) is 7.54. The molecule has 0 N–H and O–H groups in total.